The molecule has 1 unspecified atom stereocenters. The fourth-order valence-corrected chi connectivity index (χ4v) is 4.41. The summed E-state index contributed by atoms with van der Waals surface area (Å²) in [4.78, 5) is 13.3. The molecule has 3 aromatic carbocycles. The Kier molecular flexibility index (Phi) is 6.40. The SMILES string of the molecule is Cc1cc2c(c(-c3cc(Cl)ccc3Cl)c1)OC(CN(CCc1ccccc1)C(=O)O)C2. The van der Waals surface area contributed by atoms with E-state index in [4.69, 9.17) is 27.9 Å². The first kappa shape index (κ1) is 21.5. The number of nitrogens with zero attached hydrogens (tertiary/aromatic N) is 1. The summed E-state index contributed by atoms with van der Waals surface area (Å²) in [5.41, 5.74) is 4.96. The molecule has 1 aliphatic heterocycles. The summed E-state index contributed by atoms with van der Waals surface area (Å²) in [6.45, 7) is 2.75. The number of rotatable bonds is 6. The molecule has 1 heterocycles. The number of hydrogen-bond donors (Lipinski definition) is 1. The van der Waals surface area contributed by atoms with Gasteiger partial charge >= 0.3 is 6.09 Å². The average Bonchev–Trinajstić information content (AvgIpc) is 3.15. The number of benzene rings is 3. The molecule has 1 aliphatic rings. The summed E-state index contributed by atoms with van der Waals surface area (Å²) >= 11 is 12.7. The highest BCUT2D eigenvalue weighted by molar-refractivity contribution is 6.35. The Labute approximate surface area is 192 Å². The molecule has 0 fully saturated rings. The van der Waals surface area contributed by atoms with E-state index in [0.29, 0.717) is 36.0 Å². The number of amides is 1. The Morgan fingerprint density at radius 3 is 2.61 bits per heavy atom. The molecule has 1 amide bonds. The van der Waals surface area contributed by atoms with E-state index in [9.17, 15) is 9.90 Å². The molecule has 1 atom stereocenters. The molecule has 0 saturated heterocycles. The molecule has 3 aromatic rings. The van der Waals surface area contributed by atoms with Crippen LogP contribution in [0.1, 0.15) is 16.7 Å². The van der Waals surface area contributed by atoms with Gasteiger partial charge in [-0.2, -0.15) is 0 Å². The highest BCUT2D eigenvalue weighted by Crippen LogP contribution is 2.43. The minimum absolute atomic E-state index is 0.250. The minimum Gasteiger partial charge on any atom is -0.487 e. The van der Waals surface area contributed by atoms with E-state index in [1.807, 2.05) is 49.4 Å². The summed E-state index contributed by atoms with van der Waals surface area (Å²) in [6, 6.07) is 19.4. The van der Waals surface area contributed by atoms with Crippen LogP contribution in [-0.4, -0.2) is 35.3 Å². The normalized spacial score (nSPS) is 14.7. The average molecular weight is 456 g/mol. The number of carboxylic acid groups (broad SMARTS) is 1. The van der Waals surface area contributed by atoms with Gasteiger partial charge in [-0.25, -0.2) is 4.79 Å². The standard InChI is InChI=1S/C25H23Cl2NO3/c1-16-11-18-13-20(15-28(25(29)30)10-9-17-5-3-2-4-6-17)31-24(18)22(12-16)21-14-19(26)7-8-23(21)27/h2-8,11-12,14,20H,9-10,13,15H2,1H3,(H,29,30). The fourth-order valence-electron chi connectivity index (χ4n) is 4.02. The Balaban J connectivity index is 1.53. The van der Waals surface area contributed by atoms with Crippen molar-refractivity contribution in [1.29, 1.82) is 0 Å². The van der Waals surface area contributed by atoms with Gasteiger partial charge in [0, 0.05) is 34.1 Å². The van der Waals surface area contributed by atoms with Gasteiger partial charge in [-0.1, -0.05) is 59.6 Å². The zero-order valence-corrected chi connectivity index (χ0v) is 18.7. The molecule has 4 rings (SSSR count). The lowest BCUT2D eigenvalue weighted by Crippen LogP contribution is -2.39. The number of fused-ring (bicyclic) bond motifs is 1. The fraction of sp³-hybridized carbons (Fsp3) is 0.240. The van der Waals surface area contributed by atoms with Crippen LogP contribution in [0.25, 0.3) is 11.1 Å². The van der Waals surface area contributed by atoms with Gasteiger partial charge in [0.05, 0.1) is 6.54 Å². The summed E-state index contributed by atoms with van der Waals surface area (Å²) < 4.78 is 6.27. The largest absolute Gasteiger partial charge is 0.487 e. The lowest BCUT2D eigenvalue weighted by molar-refractivity contribution is 0.117. The van der Waals surface area contributed by atoms with E-state index >= 15 is 0 Å². The number of ether oxygens (including phenoxy) is 1. The summed E-state index contributed by atoms with van der Waals surface area (Å²) in [7, 11) is 0. The van der Waals surface area contributed by atoms with Crippen molar-refractivity contribution in [3.8, 4) is 16.9 Å². The monoisotopic (exact) mass is 455 g/mol. The zero-order valence-electron chi connectivity index (χ0n) is 17.1. The van der Waals surface area contributed by atoms with Crippen LogP contribution in [0.15, 0.2) is 60.7 Å². The van der Waals surface area contributed by atoms with Crippen molar-refractivity contribution < 1.29 is 14.6 Å². The highest BCUT2D eigenvalue weighted by Gasteiger charge is 2.29. The van der Waals surface area contributed by atoms with Crippen LogP contribution in [0.2, 0.25) is 10.0 Å². The van der Waals surface area contributed by atoms with E-state index in [1.165, 1.54) is 4.90 Å². The second kappa shape index (κ2) is 9.21. The third kappa shape index (κ3) is 4.97. The number of aryl methyl sites for hydroxylation is 1. The smallest absolute Gasteiger partial charge is 0.407 e. The van der Waals surface area contributed by atoms with Crippen molar-refractivity contribution in [3.05, 3.63) is 87.4 Å². The molecule has 0 aliphatic carbocycles. The molecule has 0 radical (unpaired) electrons. The molecule has 4 nitrogen and oxygen atoms in total. The summed E-state index contributed by atoms with van der Waals surface area (Å²) in [5, 5.41) is 10.9. The molecular formula is C25H23Cl2NO3. The van der Waals surface area contributed by atoms with Crippen LogP contribution >= 0.6 is 23.2 Å². The van der Waals surface area contributed by atoms with Gasteiger partial charge < -0.3 is 14.7 Å². The number of carbonyl (C=O) groups is 1. The van der Waals surface area contributed by atoms with E-state index in [0.717, 1.165) is 33.6 Å². The quantitative estimate of drug-likeness (QED) is 0.461. The maximum Gasteiger partial charge on any atom is 0.407 e. The van der Waals surface area contributed by atoms with Gasteiger partial charge in [-0.15, -0.1) is 0 Å². The Morgan fingerprint density at radius 2 is 1.87 bits per heavy atom. The summed E-state index contributed by atoms with van der Waals surface area (Å²) in [5.74, 6) is 0.758. The van der Waals surface area contributed by atoms with Crippen molar-refractivity contribution in [2.75, 3.05) is 13.1 Å². The predicted molar refractivity (Wildman–Crippen MR) is 124 cm³/mol. The van der Waals surface area contributed by atoms with Gasteiger partial charge in [-0.05, 0) is 54.3 Å². The van der Waals surface area contributed by atoms with Gasteiger partial charge in [-0.3, -0.25) is 0 Å². The maximum absolute atomic E-state index is 11.8. The Bertz CT molecular complexity index is 1100. The van der Waals surface area contributed by atoms with Crippen molar-refractivity contribution >= 4 is 29.3 Å². The molecule has 0 spiro atoms. The first-order chi connectivity index (χ1) is 14.9. The van der Waals surface area contributed by atoms with Gasteiger partial charge in [0.1, 0.15) is 11.9 Å². The molecule has 0 saturated carbocycles. The van der Waals surface area contributed by atoms with Crippen LogP contribution in [-0.2, 0) is 12.8 Å². The minimum atomic E-state index is -0.940. The second-order valence-corrected chi connectivity index (χ2v) is 8.68. The molecule has 1 N–H and O–H groups in total. The first-order valence-electron chi connectivity index (χ1n) is 10.2. The highest BCUT2D eigenvalue weighted by atomic mass is 35.5. The zero-order chi connectivity index (χ0) is 22.0. The molecule has 0 aromatic heterocycles. The summed E-state index contributed by atoms with van der Waals surface area (Å²) in [6.07, 6.45) is 0.122. The molecule has 0 bridgehead atoms. The van der Waals surface area contributed by atoms with E-state index in [2.05, 4.69) is 6.07 Å². The van der Waals surface area contributed by atoms with E-state index in [1.54, 1.807) is 12.1 Å². The van der Waals surface area contributed by atoms with Gasteiger partial charge in [0.15, 0.2) is 0 Å². The van der Waals surface area contributed by atoms with Gasteiger partial charge in [0.2, 0.25) is 0 Å². The van der Waals surface area contributed by atoms with Crippen LogP contribution in [0, 0.1) is 6.92 Å². The van der Waals surface area contributed by atoms with Crippen molar-refractivity contribution in [1.82, 2.24) is 4.90 Å². The third-order valence-corrected chi connectivity index (χ3v) is 6.03. The molecule has 160 valence electrons. The number of hydrogen-bond acceptors (Lipinski definition) is 2. The second-order valence-electron chi connectivity index (χ2n) is 7.83. The van der Waals surface area contributed by atoms with Crippen molar-refractivity contribution in [2.45, 2.75) is 25.9 Å². The molecule has 31 heavy (non-hydrogen) atoms. The Morgan fingerprint density at radius 1 is 1.10 bits per heavy atom. The lowest BCUT2D eigenvalue weighted by atomic mass is 9.97. The van der Waals surface area contributed by atoms with Crippen molar-refractivity contribution in [3.63, 3.8) is 0 Å². The van der Waals surface area contributed by atoms with Crippen LogP contribution in [0.5, 0.6) is 5.75 Å². The Hall–Kier alpha value is -2.69. The van der Waals surface area contributed by atoms with Crippen molar-refractivity contribution in [2.24, 2.45) is 0 Å². The maximum atomic E-state index is 11.8. The number of halogens is 2. The molecular weight excluding hydrogens is 433 g/mol. The van der Waals surface area contributed by atoms with E-state index in [-0.39, 0.29) is 6.10 Å². The predicted octanol–water partition coefficient (Wildman–Crippen LogP) is 6.50. The lowest BCUT2D eigenvalue weighted by Gasteiger charge is -2.23. The van der Waals surface area contributed by atoms with Crippen LogP contribution < -0.4 is 4.74 Å². The van der Waals surface area contributed by atoms with Crippen LogP contribution in [0.4, 0.5) is 4.79 Å². The van der Waals surface area contributed by atoms with E-state index < -0.39 is 6.09 Å². The topological polar surface area (TPSA) is 49.8 Å². The molecule has 6 heteroatoms. The van der Waals surface area contributed by atoms with Crippen LogP contribution in [0.3, 0.4) is 0 Å². The third-order valence-electron chi connectivity index (χ3n) is 5.47. The van der Waals surface area contributed by atoms with Gasteiger partial charge in [0.25, 0.3) is 0 Å². The first-order valence-corrected chi connectivity index (χ1v) is 10.9.